The SMILES string of the molecule is Cc1cc(C)c(CCC(C)(C)CCNC(C)C)c(C)c1. The fourth-order valence-electron chi connectivity index (χ4n) is 2.89. The van der Waals surface area contributed by atoms with Crippen molar-refractivity contribution in [2.24, 2.45) is 5.41 Å². The van der Waals surface area contributed by atoms with E-state index in [1.165, 1.54) is 36.0 Å². The van der Waals surface area contributed by atoms with E-state index in [0.29, 0.717) is 11.5 Å². The summed E-state index contributed by atoms with van der Waals surface area (Å²) >= 11 is 0. The van der Waals surface area contributed by atoms with E-state index in [1.807, 2.05) is 0 Å². The molecule has 114 valence electrons. The minimum absolute atomic E-state index is 0.408. The fourth-order valence-corrected chi connectivity index (χ4v) is 2.89. The van der Waals surface area contributed by atoms with Crippen LogP contribution in [0.25, 0.3) is 0 Å². The number of rotatable bonds is 7. The summed E-state index contributed by atoms with van der Waals surface area (Å²) in [6.45, 7) is 17.0. The van der Waals surface area contributed by atoms with E-state index in [9.17, 15) is 0 Å². The van der Waals surface area contributed by atoms with Crippen molar-refractivity contribution in [1.29, 1.82) is 0 Å². The molecule has 0 saturated carbocycles. The van der Waals surface area contributed by atoms with Gasteiger partial charge in [-0.25, -0.2) is 0 Å². The van der Waals surface area contributed by atoms with Crippen molar-refractivity contribution in [3.05, 3.63) is 34.4 Å². The number of hydrogen-bond donors (Lipinski definition) is 1. The second kappa shape index (κ2) is 7.26. The third kappa shape index (κ3) is 5.66. The molecule has 20 heavy (non-hydrogen) atoms. The first-order valence-corrected chi connectivity index (χ1v) is 8.01. The van der Waals surface area contributed by atoms with E-state index in [2.05, 4.69) is 65.9 Å². The first-order valence-electron chi connectivity index (χ1n) is 8.01. The van der Waals surface area contributed by atoms with Gasteiger partial charge < -0.3 is 5.32 Å². The molecule has 0 amide bonds. The normalized spacial score (nSPS) is 12.2. The monoisotopic (exact) mass is 275 g/mol. The Morgan fingerprint density at radius 2 is 1.55 bits per heavy atom. The van der Waals surface area contributed by atoms with Crippen LogP contribution in [0.4, 0.5) is 0 Å². The molecule has 0 spiro atoms. The van der Waals surface area contributed by atoms with Crippen molar-refractivity contribution in [2.75, 3.05) is 6.54 Å². The Morgan fingerprint density at radius 1 is 1.00 bits per heavy atom. The van der Waals surface area contributed by atoms with Gasteiger partial charge in [-0.1, -0.05) is 45.4 Å². The Bertz CT molecular complexity index is 406. The molecule has 0 aliphatic rings. The van der Waals surface area contributed by atoms with E-state index in [-0.39, 0.29) is 0 Å². The molecule has 0 aromatic heterocycles. The summed E-state index contributed by atoms with van der Waals surface area (Å²) in [5.74, 6) is 0. The molecule has 0 fully saturated rings. The predicted octanol–water partition coefficient (Wildman–Crippen LogP) is 4.96. The van der Waals surface area contributed by atoms with Gasteiger partial charge in [-0.05, 0) is 68.7 Å². The first-order chi connectivity index (χ1) is 9.21. The number of hydrogen-bond acceptors (Lipinski definition) is 1. The van der Waals surface area contributed by atoms with Gasteiger partial charge in [0.25, 0.3) is 0 Å². The van der Waals surface area contributed by atoms with E-state index in [0.717, 1.165) is 6.54 Å². The lowest BCUT2D eigenvalue weighted by atomic mass is 9.81. The molecule has 1 N–H and O–H groups in total. The van der Waals surface area contributed by atoms with Crippen molar-refractivity contribution >= 4 is 0 Å². The lowest BCUT2D eigenvalue weighted by molar-refractivity contribution is 0.298. The second-order valence-electron chi connectivity index (χ2n) is 7.40. The Morgan fingerprint density at radius 3 is 2.05 bits per heavy atom. The van der Waals surface area contributed by atoms with Crippen LogP contribution in [0.2, 0.25) is 0 Å². The zero-order valence-electron chi connectivity index (χ0n) is 14.6. The molecule has 0 bridgehead atoms. The highest BCUT2D eigenvalue weighted by Gasteiger charge is 2.18. The van der Waals surface area contributed by atoms with Crippen molar-refractivity contribution in [3.63, 3.8) is 0 Å². The number of aryl methyl sites for hydroxylation is 3. The molecule has 1 aromatic carbocycles. The van der Waals surface area contributed by atoms with E-state index in [1.54, 1.807) is 5.56 Å². The Balaban J connectivity index is 2.57. The van der Waals surface area contributed by atoms with Crippen LogP contribution in [0.15, 0.2) is 12.1 Å². The van der Waals surface area contributed by atoms with E-state index in [4.69, 9.17) is 0 Å². The molecule has 0 aliphatic carbocycles. The highest BCUT2D eigenvalue weighted by atomic mass is 14.9. The van der Waals surface area contributed by atoms with Gasteiger partial charge in [0.15, 0.2) is 0 Å². The minimum Gasteiger partial charge on any atom is -0.315 e. The van der Waals surface area contributed by atoms with Gasteiger partial charge in [-0.15, -0.1) is 0 Å². The topological polar surface area (TPSA) is 12.0 Å². The van der Waals surface area contributed by atoms with Crippen LogP contribution in [0, 0.1) is 26.2 Å². The van der Waals surface area contributed by atoms with E-state index < -0.39 is 0 Å². The molecule has 0 unspecified atom stereocenters. The molecule has 1 nitrogen and oxygen atoms in total. The average molecular weight is 275 g/mol. The van der Waals surface area contributed by atoms with Crippen LogP contribution in [0.5, 0.6) is 0 Å². The van der Waals surface area contributed by atoms with Crippen molar-refractivity contribution in [3.8, 4) is 0 Å². The maximum absolute atomic E-state index is 3.53. The summed E-state index contributed by atoms with van der Waals surface area (Å²) in [5.41, 5.74) is 6.26. The van der Waals surface area contributed by atoms with Gasteiger partial charge >= 0.3 is 0 Å². The zero-order valence-corrected chi connectivity index (χ0v) is 14.6. The average Bonchev–Trinajstić information content (AvgIpc) is 2.26. The fraction of sp³-hybridized carbons (Fsp3) is 0.684. The van der Waals surface area contributed by atoms with Crippen LogP contribution in [0.3, 0.4) is 0 Å². The van der Waals surface area contributed by atoms with Gasteiger partial charge in [-0.3, -0.25) is 0 Å². The minimum atomic E-state index is 0.408. The maximum atomic E-state index is 3.53. The summed E-state index contributed by atoms with van der Waals surface area (Å²) in [5, 5.41) is 3.53. The zero-order chi connectivity index (χ0) is 15.3. The Labute approximate surface area is 126 Å². The summed E-state index contributed by atoms with van der Waals surface area (Å²) < 4.78 is 0. The summed E-state index contributed by atoms with van der Waals surface area (Å²) in [7, 11) is 0. The third-order valence-corrected chi connectivity index (χ3v) is 4.25. The molecule has 0 radical (unpaired) electrons. The van der Waals surface area contributed by atoms with Crippen LogP contribution >= 0.6 is 0 Å². The number of benzene rings is 1. The van der Waals surface area contributed by atoms with Crippen molar-refractivity contribution in [1.82, 2.24) is 5.32 Å². The van der Waals surface area contributed by atoms with E-state index >= 15 is 0 Å². The lowest BCUT2D eigenvalue weighted by Crippen LogP contribution is -2.28. The van der Waals surface area contributed by atoms with Gasteiger partial charge in [0.2, 0.25) is 0 Å². The molecule has 0 saturated heterocycles. The molecule has 0 aliphatic heterocycles. The molecule has 0 atom stereocenters. The van der Waals surface area contributed by atoms with Gasteiger partial charge in [0, 0.05) is 6.04 Å². The summed E-state index contributed by atoms with van der Waals surface area (Å²) in [6.07, 6.45) is 3.71. The molecule has 1 heteroatoms. The summed E-state index contributed by atoms with van der Waals surface area (Å²) in [6, 6.07) is 5.22. The van der Waals surface area contributed by atoms with Gasteiger partial charge in [0.05, 0.1) is 0 Å². The highest BCUT2D eigenvalue weighted by molar-refractivity contribution is 5.37. The Hall–Kier alpha value is -0.820. The molecule has 0 heterocycles. The van der Waals surface area contributed by atoms with Gasteiger partial charge in [0.1, 0.15) is 0 Å². The lowest BCUT2D eigenvalue weighted by Gasteiger charge is -2.26. The van der Waals surface area contributed by atoms with Crippen LogP contribution in [-0.2, 0) is 6.42 Å². The highest BCUT2D eigenvalue weighted by Crippen LogP contribution is 2.28. The van der Waals surface area contributed by atoms with Crippen molar-refractivity contribution in [2.45, 2.75) is 73.8 Å². The molecular formula is C19H33N. The van der Waals surface area contributed by atoms with Gasteiger partial charge in [-0.2, -0.15) is 0 Å². The third-order valence-electron chi connectivity index (χ3n) is 4.25. The van der Waals surface area contributed by atoms with Crippen LogP contribution in [0.1, 0.15) is 62.8 Å². The quantitative estimate of drug-likeness (QED) is 0.741. The second-order valence-corrected chi connectivity index (χ2v) is 7.40. The molecule has 1 rings (SSSR count). The van der Waals surface area contributed by atoms with Crippen molar-refractivity contribution < 1.29 is 0 Å². The largest absolute Gasteiger partial charge is 0.315 e. The summed E-state index contributed by atoms with van der Waals surface area (Å²) in [4.78, 5) is 0. The molecular weight excluding hydrogens is 242 g/mol. The Kier molecular flexibility index (Phi) is 6.26. The van der Waals surface area contributed by atoms with Crippen LogP contribution in [-0.4, -0.2) is 12.6 Å². The molecule has 1 aromatic rings. The standard InChI is InChI=1S/C19H33N/c1-14(2)20-11-10-19(6,7)9-8-18-16(4)12-15(3)13-17(18)5/h12-14,20H,8-11H2,1-7H3. The maximum Gasteiger partial charge on any atom is 0.00103 e. The predicted molar refractivity (Wildman–Crippen MR) is 90.5 cm³/mol. The number of nitrogens with one attached hydrogen (secondary N) is 1. The van der Waals surface area contributed by atoms with Crippen LogP contribution < -0.4 is 5.32 Å². The first kappa shape index (κ1) is 17.2. The smallest absolute Gasteiger partial charge is 0.00103 e.